The number of amides is 1. The summed E-state index contributed by atoms with van der Waals surface area (Å²) in [6.45, 7) is 3.05. The molecule has 0 unspecified atom stereocenters. The number of piperidine rings is 1. The van der Waals surface area contributed by atoms with Gasteiger partial charge in [0.05, 0.1) is 6.04 Å². The molecule has 3 heteroatoms. The van der Waals surface area contributed by atoms with Crippen LogP contribution in [0.15, 0.2) is 24.3 Å². The van der Waals surface area contributed by atoms with Crippen molar-refractivity contribution in [1.82, 2.24) is 5.32 Å². The van der Waals surface area contributed by atoms with Crippen LogP contribution in [0.1, 0.15) is 31.7 Å². The highest BCUT2D eigenvalue weighted by Crippen LogP contribution is 2.17. The van der Waals surface area contributed by atoms with Crippen LogP contribution in [0.25, 0.3) is 0 Å². The van der Waals surface area contributed by atoms with Crippen molar-refractivity contribution in [2.45, 2.75) is 38.6 Å². The second kappa shape index (κ2) is 5.82. The quantitative estimate of drug-likeness (QED) is 0.839. The van der Waals surface area contributed by atoms with E-state index in [1.54, 1.807) is 0 Å². The Labute approximate surface area is 103 Å². The minimum atomic E-state index is -0.0198. The average molecular weight is 232 g/mol. The molecule has 0 spiro atoms. The van der Waals surface area contributed by atoms with Crippen LogP contribution in [0.3, 0.4) is 0 Å². The predicted octanol–water partition coefficient (Wildman–Crippen LogP) is 2.33. The monoisotopic (exact) mass is 232 g/mol. The maximum Gasteiger partial charge on any atom is 0.241 e. The first kappa shape index (κ1) is 12.1. The van der Waals surface area contributed by atoms with Gasteiger partial charge in [0.15, 0.2) is 0 Å². The van der Waals surface area contributed by atoms with Crippen LogP contribution in [0, 0.1) is 0 Å². The summed E-state index contributed by atoms with van der Waals surface area (Å²) in [4.78, 5) is 12.1. The lowest BCUT2D eigenvalue weighted by Gasteiger charge is -2.23. The minimum Gasteiger partial charge on any atom is -0.324 e. The number of hydrogen-bond donors (Lipinski definition) is 2. The van der Waals surface area contributed by atoms with E-state index in [-0.39, 0.29) is 11.9 Å². The number of para-hydroxylation sites is 1. The molecule has 1 aliphatic rings. The van der Waals surface area contributed by atoms with Crippen LogP contribution in [0.2, 0.25) is 0 Å². The number of carbonyl (C=O) groups is 1. The molecule has 1 aromatic rings. The zero-order chi connectivity index (χ0) is 12.1. The standard InChI is InChI=1S/C14H20N2O/c1-2-11-7-3-4-8-12(11)16-14(17)13-9-5-6-10-15-13/h3-4,7-8,13,15H,2,5-6,9-10H2,1H3,(H,16,17)/t13-/m0/s1. The molecular formula is C14H20N2O. The van der Waals surface area contributed by atoms with Crippen molar-refractivity contribution < 1.29 is 4.79 Å². The summed E-state index contributed by atoms with van der Waals surface area (Å²) in [7, 11) is 0. The number of carbonyl (C=O) groups excluding carboxylic acids is 1. The van der Waals surface area contributed by atoms with Crippen LogP contribution in [-0.2, 0) is 11.2 Å². The maximum atomic E-state index is 12.1. The molecule has 3 nitrogen and oxygen atoms in total. The Morgan fingerprint density at radius 3 is 2.94 bits per heavy atom. The van der Waals surface area contributed by atoms with Crippen molar-refractivity contribution in [3.63, 3.8) is 0 Å². The molecule has 1 saturated heterocycles. The van der Waals surface area contributed by atoms with Gasteiger partial charge in [0, 0.05) is 5.69 Å². The van der Waals surface area contributed by atoms with Gasteiger partial charge < -0.3 is 10.6 Å². The van der Waals surface area contributed by atoms with E-state index in [1.165, 1.54) is 12.0 Å². The van der Waals surface area contributed by atoms with Crippen LogP contribution in [0.4, 0.5) is 5.69 Å². The lowest BCUT2D eigenvalue weighted by atomic mass is 10.0. The second-order valence-corrected chi connectivity index (χ2v) is 4.50. The van der Waals surface area contributed by atoms with Gasteiger partial charge in [-0.15, -0.1) is 0 Å². The van der Waals surface area contributed by atoms with Gasteiger partial charge in [-0.25, -0.2) is 0 Å². The Bertz CT molecular complexity index is 384. The van der Waals surface area contributed by atoms with Crippen molar-refractivity contribution in [3.8, 4) is 0 Å². The first-order valence-electron chi connectivity index (χ1n) is 6.43. The molecule has 1 aliphatic heterocycles. The molecule has 1 atom stereocenters. The summed E-state index contributed by atoms with van der Waals surface area (Å²) in [6, 6.07) is 7.98. The summed E-state index contributed by atoms with van der Waals surface area (Å²) >= 11 is 0. The molecule has 0 saturated carbocycles. The number of rotatable bonds is 3. The average Bonchev–Trinajstić information content (AvgIpc) is 2.40. The highest BCUT2D eigenvalue weighted by atomic mass is 16.2. The van der Waals surface area contributed by atoms with Crippen LogP contribution < -0.4 is 10.6 Å². The highest BCUT2D eigenvalue weighted by Gasteiger charge is 2.20. The molecule has 0 aliphatic carbocycles. The Morgan fingerprint density at radius 1 is 1.41 bits per heavy atom. The van der Waals surface area contributed by atoms with Crippen LogP contribution >= 0.6 is 0 Å². The lowest BCUT2D eigenvalue weighted by Crippen LogP contribution is -2.43. The van der Waals surface area contributed by atoms with E-state index in [0.29, 0.717) is 0 Å². The SMILES string of the molecule is CCc1ccccc1NC(=O)[C@@H]1CCCCN1. The molecule has 1 amide bonds. The van der Waals surface area contributed by atoms with Gasteiger partial charge in [0.1, 0.15) is 0 Å². The Kier molecular flexibility index (Phi) is 4.15. The Hall–Kier alpha value is -1.35. The fraction of sp³-hybridized carbons (Fsp3) is 0.500. The van der Waals surface area contributed by atoms with E-state index in [2.05, 4.69) is 23.6 Å². The third kappa shape index (κ3) is 3.07. The van der Waals surface area contributed by atoms with Crippen LogP contribution in [0.5, 0.6) is 0 Å². The number of hydrogen-bond acceptors (Lipinski definition) is 2. The van der Waals surface area contributed by atoms with Gasteiger partial charge >= 0.3 is 0 Å². The van der Waals surface area contributed by atoms with Gasteiger partial charge in [-0.1, -0.05) is 31.5 Å². The molecule has 1 aromatic carbocycles. The fourth-order valence-electron chi connectivity index (χ4n) is 2.25. The normalized spacial score (nSPS) is 19.9. The van der Waals surface area contributed by atoms with E-state index >= 15 is 0 Å². The van der Waals surface area contributed by atoms with Crippen molar-refractivity contribution in [1.29, 1.82) is 0 Å². The third-order valence-corrected chi connectivity index (χ3v) is 3.28. The van der Waals surface area contributed by atoms with Crippen molar-refractivity contribution in [2.24, 2.45) is 0 Å². The fourth-order valence-corrected chi connectivity index (χ4v) is 2.25. The van der Waals surface area contributed by atoms with Gasteiger partial charge in [-0.05, 0) is 37.4 Å². The van der Waals surface area contributed by atoms with Crippen molar-refractivity contribution >= 4 is 11.6 Å². The topological polar surface area (TPSA) is 41.1 Å². The van der Waals surface area contributed by atoms with Crippen molar-refractivity contribution in [2.75, 3.05) is 11.9 Å². The summed E-state index contributed by atoms with van der Waals surface area (Å²) in [5.41, 5.74) is 2.14. The van der Waals surface area contributed by atoms with E-state index in [9.17, 15) is 4.79 Å². The highest BCUT2D eigenvalue weighted by molar-refractivity contribution is 5.95. The largest absolute Gasteiger partial charge is 0.324 e. The number of nitrogens with one attached hydrogen (secondary N) is 2. The molecule has 17 heavy (non-hydrogen) atoms. The summed E-state index contributed by atoms with van der Waals surface area (Å²) in [5, 5.41) is 6.29. The molecule has 92 valence electrons. The minimum absolute atomic E-state index is 0.0198. The zero-order valence-corrected chi connectivity index (χ0v) is 10.3. The third-order valence-electron chi connectivity index (χ3n) is 3.28. The number of aryl methyl sites for hydroxylation is 1. The van der Waals surface area contributed by atoms with Crippen molar-refractivity contribution in [3.05, 3.63) is 29.8 Å². The molecular weight excluding hydrogens is 212 g/mol. The van der Waals surface area contributed by atoms with Gasteiger partial charge in [-0.2, -0.15) is 0 Å². The van der Waals surface area contributed by atoms with Gasteiger partial charge in [-0.3, -0.25) is 4.79 Å². The second-order valence-electron chi connectivity index (χ2n) is 4.50. The maximum absolute atomic E-state index is 12.1. The molecule has 0 aromatic heterocycles. The summed E-state index contributed by atoms with van der Waals surface area (Å²) in [5.74, 6) is 0.102. The van der Waals surface area contributed by atoms with Gasteiger partial charge in [0.2, 0.25) is 5.91 Å². The zero-order valence-electron chi connectivity index (χ0n) is 10.3. The Morgan fingerprint density at radius 2 is 2.24 bits per heavy atom. The van der Waals surface area contributed by atoms with Crippen LogP contribution in [-0.4, -0.2) is 18.5 Å². The first-order chi connectivity index (χ1) is 8.31. The molecule has 2 N–H and O–H groups in total. The molecule has 1 heterocycles. The lowest BCUT2D eigenvalue weighted by molar-refractivity contribution is -0.118. The smallest absolute Gasteiger partial charge is 0.241 e. The predicted molar refractivity (Wildman–Crippen MR) is 70.1 cm³/mol. The summed E-state index contributed by atoms with van der Waals surface area (Å²) < 4.78 is 0. The molecule has 0 bridgehead atoms. The molecule has 1 fully saturated rings. The molecule has 2 rings (SSSR count). The number of benzene rings is 1. The number of anilines is 1. The van der Waals surface area contributed by atoms with Gasteiger partial charge in [0.25, 0.3) is 0 Å². The Balaban J connectivity index is 2.01. The summed E-state index contributed by atoms with van der Waals surface area (Å²) in [6.07, 6.45) is 4.20. The van der Waals surface area contributed by atoms with E-state index in [4.69, 9.17) is 0 Å². The van der Waals surface area contributed by atoms with E-state index < -0.39 is 0 Å². The van der Waals surface area contributed by atoms with E-state index in [1.807, 2.05) is 18.2 Å². The molecule has 0 radical (unpaired) electrons. The van der Waals surface area contributed by atoms with E-state index in [0.717, 1.165) is 31.5 Å². The first-order valence-corrected chi connectivity index (χ1v) is 6.43.